The van der Waals surface area contributed by atoms with Crippen molar-refractivity contribution in [3.8, 4) is 11.5 Å². The van der Waals surface area contributed by atoms with Gasteiger partial charge < -0.3 is 9.47 Å². The van der Waals surface area contributed by atoms with Crippen LogP contribution in [0.15, 0.2) is 29.8 Å². The molecule has 0 unspecified atom stereocenters. The van der Waals surface area contributed by atoms with Crippen molar-refractivity contribution < 1.29 is 14.3 Å². The summed E-state index contributed by atoms with van der Waals surface area (Å²) in [6, 6.07) is 5.53. The number of para-hydroxylation sites is 1. The number of hydrogen-bond acceptors (Lipinski definition) is 5. The molecular weight excluding hydrogens is 274 g/mol. The molecular formula is C15H15NO3S. The van der Waals surface area contributed by atoms with E-state index in [-0.39, 0.29) is 5.78 Å². The summed E-state index contributed by atoms with van der Waals surface area (Å²) in [4.78, 5) is 16.8. The van der Waals surface area contributed by atoms with Gasteiger partial charge in [0.15, 0.2) is 17.3 Å². The average molecular weight is 289 g/mol. The first kappa shape index (κ1) is 14.3. The Balaban J connectivity index is 2.28. The molecule has 4 nitrogen and oxygen atoms in total. The number of allylic oxidation sites excluding steroid dienone is 1. The number of benzene rings is 1. The van der Waals surface area contributed by atoms with E-state index in [0.717, 1.165) is 11.3 Å². The predicted octanol–water partition coefficient (Wildman–Crippen LogP) is 3.36. The maximum atomic E-state index is 12.1. The monoisotopic (exact) mass is 289 g/mol. The van der Waals surface area contributed by atoms with Crippen LogP contribution in [0.25, 0.3) is 6.08 Å². The third-order valence-corrected chi connectivity index (χ3v) is 3.76. The van der Waals surface area contributed by atoms with E-state index in [9.17, 15) is 4.79 Å². The molecule has 0 amide bonds. The lowest BCUT2D eigenvalue weighted by Crippen LogP contribution is -1.95. The average Bonchev–Trinajstić information content (AvgIpc) is 2.90. The Bertz CT molecular complexity index is 646. The zero-order valence-corrected chi connectivity index (χ0v) is 12.4. The summed E-state index contributed by atoms with van der Waals surface area (Å²) >= 11 is 1.34. The van der Waals surface area contributed by atoms with E-state index in [4.69, 9.17) is 9.47 Å². The largest absolute Gasteiger partial charge is 0.493 e. The second-order valence-electron chi connectivity index (χ2n) is 4.05. The maximum Gasteiger partial charge on any atom is 0.197 e. The molecule has 2 rings (SSSR count). The number of carbonyl (C=O) groups is 1. The van der Waals surface area contributed by atoms with E-state index < -0.39 is 0 Å². The van der Waals surface area contributed by atoms with Gasteiger partial charge in [-0.15, -0.1) is 11.3 Å². The highest BCUT2D eigenvalue weighted by Gasteiger charge is 2.10. The predicted molar refractivity (Wildman–Crippen MR) is 79.8 cm³/mol. The second-order valence-corrected chi connectivity index (χ2v) is 4.90. The van der Waals surface area contributed by atoms with Gasteiger partial charge in [-0.2, -0.15) is 0 Å². The van der Waals surface area contributed by atoms with Gasteiger partial charge >= 0.3 is 0 Å². The number of aromatic nitrogens is 1. The summed E-state index contributed by atoms with van der Waals surface area (Å²) < 4.78 is 10.5. The summed E-state index contributed by atoms with van der Waals surface area (Å²) in [5.74, 6) is 1.19. The molecule has 5 heteroatoms. The minimum atomic E-state index is -0.0603. The second kappa shape index (κ2) is 6.34. The van der Waals surface area contributed by atoms with Crippen molar-refractivity contribution in [3.05, 3.63) is 45.9 Å². The van der Waals surface area contributed by atoms with Crippen molar-refractivity contribution in [2.24, 2.45) is 0 Å². The number of aryl methyl sites for hydroxylation is 1. The molecule has 0 saturated carbocycles. The summed E-state index contributed by atoms with van der Waals surface area (Å²) in [6.07, 6.45) is 3.25. The highest BCUT2D eigenvalue weighted by Crippen LogP contribution is 2.31. The van der Waals surface area contributed by atoms with Crippen molar-refractivity contribution in [2.45, 2.75) is 6.92 Å². The summed E-state index contributed by atoms with van der Waals surface area (Å²) in [5.41, 5.74) is 3.22. The molecule has 1 heterocycles. The quantitative estimate of drug-likeness (QED) is 0.625. The standard InChI is InChI=1S/C15H15NO3S/c1-10-15(20-9-16-10)12(17)8-7-11-5-4-6-13(18-2)14(11)19-3/h4-9H,1-3H3/b8-7+. The van der Waals surface area contributed by atoms with Crippen molar-refractivity contribution in [1.82, 2.24) is 4.98 Å². The Labute approximate surface area is 121 Å². The Hall–Kier alpha value is -2.14. The molecule has 0 N–H and O–H groups in total. The smallest absolute Gasteiger partial charge is 0.197 e. The van der Waals surface area contributed by atoms with Crippen LogP contribution >= 0.6 is 11.3 Å². The van der Waals surface area contributed by atoms with Gasteiger partial charge in [0, 0.05) is 5.56 Å². The van der Waals surface area contributed by atoms with Gasteiger partial charge in [0.05, 0.1) is 30.3 Å². The Morgan fingerprint density at radius 3 is 2.70 bits per heavy atom. The highest BCUT2D eigenvalue weighted by molar-refractivity contribution is 7.12. The van der Waals surface area contributed by atoms with Gasteiger partial charge in [0.25, 0.3) is 0 Å². The van der Waals surface area contributed by atoms with Crippen LogP contribution in [0, 0.1) is 6.92 Å². The van der Waals surface area contributed by atoms with Crippen molar-refractivity contribution in [2.75, 3.05) is 14.2 Å². The van der Waals surface area contributed by atoms with E-state index in [1.807, 2.05) is 25.1 Å². The van der Waals surface area contributed by atoms with Crippen LogP contribution in [0.1, 0.15) is 20.9 Å². The molecule has 0 atom stereocenters. The van der Waals surface area contributed by atoms with Crippen LogP contribution < -0.4 is 9.47 Å². The number of hydrogen-bond donors (Lipinski definition) is 0. The van der Waals surface area contributed by atoms with Crippen LogP contribution in [0.2, 0.25) is 0 Å². The zero-order valence-electron chi connectivity index (χ0n) is 11.5. The van der Waals surface area contributed by atoms with Crippen LogP contribution in [0.5, 0.6) is 11.5 Å². The van der Waals surface area contributed by atoms with Crippen LogP contribution in [-0.2, 0) is 0 Å². The lowest BCUT2D eigenvalue weighted by molar-refractivity contribution is 0.105. The lowest BCUT2D eigenvalue weighted by Gasteiger charge is -2.09. The van der Waals surface area contributed by atoms with E-state index in [0.29, 0.717) is 16.4 Å². The number of methoxy groups -OCH3 is 2. The zero-order chi connectivity index (χ0) is 14.5. The number of carbonyl (C=O) groups excluding carboxylic acids is 1. The molecule has 0 fully saturated rings. The first-order valence-electron chi connectivity index (χ1n) is 6.01. The molecule has 0 spiro atoms. The molecule has 0 radical (unpaired) electrons. The van der Waals surface area contributed by atoms with Gasteiger partial charge in [-0.05, 0) is 25.1 Å². The normalized spacial score (nSPS) is 10.8. The molecule has 1 aromatic carbocycles. The Morgan fingerprint density at radius 1 is 1.30 bits per heavy atom. The van der Waals surface area contributed by atoms with Crippen LogP contribution in [-0.4, -0.2) is 25.0 Å². The molecule has 0 aliphatic carbocycles. The molecule has 1 aromatic heterocycles. The van der Waals surface area contributed by atoms with Gasteiger partial charge in [-0.25, -0.2) is 4.98 Å². The van der Waals surface area contributed by atoms with Gasteiger partial charge in [-0.3, -0.25) is 4.79 Å². The molecule has 2 aromatic rings. The van der Waals surface area contributed by atoms with E-state index in [1.54, 1.807) is 25.8 Å². The first-order valence-corrected chi connectivity index (χ1v) is 6.88. The lowest BCUT2D eigenvalue weighted by atomic mass is 10.1. The van der Waals surface area contributed by atoms with E-state index >= 15 is 0 Å². The van der Waals surface area contributed by atoms with E-state index in [2.05, 4.69) is 4.98 Å². The number of rotatable bonds is 5. The molecule has 0 aliphatic heterocycles. The molecule has 0 saturated heterocycles. The SMILES string of the molecule is COc1cccc(/C=C/C(=O)c2scnc2C)c1OC. The van der Waals surface area contributed by atoms with Crippen LogP contribution in [0.3, 0.4) is 0 Å². The Kier molecular flexibility index (Phi) is 4.53. The fourth-order valence-electron chi connectivity index (χ4n) is 1.82. The Morgan fingerprint density at radius 2 is 2.10 bits per heavy atom. The summed E-state index contributed by atoms with van der Waals surface area (Å²) in [7, 11) is 3.15. The fraction of sp³-hybridized carbons (Fsp3) is 0.200. The van der Waals surface area contributed by atoms with E-state index in [1.165, 1.54) is 17.4 Å². The summed E-state index contributed by atoms with van der Waals surface area (Å²) in [5, 5.41) is 0. The van der Waals surface area contributed by atoms with Gasteiger partial charge in [-0.1, -0.05) is 12.1 Å². The van der Waals surface area contributed by atoms with Crippen molar-refractivity contribution in [1.29, 1.82) is 0 Å². The minimum Gasteiger partial charge on any atom is -0.493 e. The third kappa shape index (κ3) is 2.88. The number of ketones is 1. The van der Waals surface area contributed by atoms with Gasteiger partial charge in [0.1, 0.15) is 0 Å². The minimum absolute atomic E-state index is 0.0603. The number of thiazole rings is 1. The molecule has 0 bridgehead atoms. The number of nitrogens with zero attached hydrogens (tertiary/aromatic N) is 1. The highest BCUT2D eigenvalue weighted by atomic mass is 32.1. The third-order valence-electron chi connectivity index (χ3n) is 2.82. The van der Waals surface area contributed by atoms with Gasteiger partial charge in [0.2, 0.25) is 0 Å². The first-order chi connectivity index (χ1) is 9.67. The van der Waals surface area contributed by atoms with Crippen molar-refractivity contribution in [3.63, 3.8) is 0 Å². The van der Waals surface area contributed by atoms with Crippen LogP contribution in [0.4, 0.5) is 0 Å². The molecule has 20 heavy (non-hydrogen) atoms. The maximum absolute atomic E-state index is 12.1. The fourth-order valence-corrected chi connectivity index (χ4v) is 2.55. The topological polar surface area (TPSA) is 48.4 Å². The number of ether oxygens (including phenoxy) is 2. The molecule has 104 valence electrons. The molecule has 0 aliphatic rings. The van der Waals surface area contributed by atoms with Crippen molar-refractivity contribution >= 4 is 23.2 Å². The summed E-state index contributed by atoms with van der Waals surface area (Å²) in [6.45, 7) is 1.82.